The van der Waals surface area contributed by atoms with E-state index in [1.54, 1.807) is 0 Å². The number of imide groups is 1. The number of urea groups is 1. The topological polar surface area (TPSA) is 127 Å². The molecule has 1 fully saturated rings. The molecule has 31 heavy (non-hydrogen) atoms. The maximum absolute atomic E-state index is 14.1. The van der Waals surface area contributed by atoms with Gasteiger partial charge in [-0.3, -0.25) is 9.69 Å². The zero-order valence-electron chi connectivity index (χ0n) is 15.7. The van der Waals surface area contributed by atoms with E-state index in [-0.39, 0.29) is 10.6 Å². The molecule has 2 aromatic rings. The first-order valence-electron chi connectivity index (χ1n) is 8.36. The summed E-state index contributed by atoms with van der Waals surface area (Å²) in [5.74, 6) is -4.68. The number of carbonyl (C=O) groups excluding carboxylic acids is 2. The van der Waals surface area contributed by atoms with Crippen molar-refractivity contribution in [3.8, 4) is 6.07 Å². The summed E-state index contributed by atoms with van der Waals surface area (Å²) in [6.07, 6.45) is -4.53. The van der Waals surface area contributed by atoms with Crippen LogP contribution < -0.4 is 9.80 Å². The highest BCUT2D eigenvalue weighted by atomic mass is 19.4. The SMILES string of the molecule is CC1(C)C(=O)N(c2ncc(C#N)c(C(F)(F)F)n2)C(=O)N1c1ccc(C(=O)O)c(F)c1. The number of hydrogen-bond donors (Lipinski definition) is 1. The van der Waals surface area contributed by atoms with E-state index >= 15 is 0 Å². The van der Waals surface area contributed by atoms with Gasteiger partial charge in [0, 0.05) is 5.69 Å². The van der Waals surface area contributed by atoms with Crippen LogP contribution in [-0.2, 0) is 11.0 Å². The van der Waals surface area contributed by atoms with Crippen LogP contribution in [0.15, 0.2) is 24.4 Å². The number of nitrogens with zero attached hydrogens (tertiary/aromatic N) is 5. The second kappa shape index (κ2) is 7.01. The molecular formula is C18H11F4N5O4. The lowest BCUT2D eigenvalue weighted by molar-refractivity contribution is -0.141. The van der Waals surface area contributed by atoms with Crippen LogP contribution in [-0.4, -0.2) is 38.5 Å². The van der Waals surface area contributed by atoms with Crippen molar-refractivity contribution in [2.75, 3.05) is 9.80 Å². The fourth-order valence-electron chi connectivity index (χ4n) is 3.00. The van der Waals surface area contributed by atoms with E-state index in [0.717, 1.165) is 17.0 Å². The molecule has 2 heterocycles. The maximum Gasteiger partial charge on any atom is 0.434 e. The van der Waals surface area contributed by atoms with Crippen LogP contribution in [0.3, 0.4) is 0 Å². The molecule has 0 radical (unpaired) electrons. The standard InChI is InChI=1S/C18H11F4N5O4/c1-17(2)14(30)26(15-24-7-8(6-23)12(25-15)18(20,21)22)16(31)27(17)9-3-4-10(13(28)29)11(19)5-9/h3-5,7H,1-2H3,(H,28,29). The average Bonchev–Trinajstić information content (AvgIpc) is 2.84. The van der Waals surface area contributed by atoms with Gasteiger partial charge in [-0.25, -0.2) is 23.9 Å². The largest absolute Gasteiger partial charge is 0.478 e. The molecule has 0 spiro atoms. The minimum absolute atomic E-state index is 0.210. The third-order valence-corrected chi connectivity index (χ3v) is 4.47. The van der Waals surface area contributed by atoms with Gasteiger partial charge in [-0.15, -0.1) is 0 Å². The van der Waals surface area contributed by atoms with Crippen LogP contribution in [0.25, 0.3) is 0 Å². The first-order chi connectivity index (χ1) is 14.3. The number of aromatic nitrogens is 2. The third-order valence-electron chi connectivity index (χ3n) is 4.47. The molecule has 1 aliphatic rings. The molecule has 3 amide bonds. The number of amides is 3. The number of alkyl halides is 3. The normalized spacial score (nSPS) is 15.9. The zero-order valence-corrected chi connectivity index (χ0v) is 15.7. The predicted octanol–water partition coefficient (Wildman–Crippen LogP) is 2.96. The first-order valence-corrected chi connectivity index (χ1v) is 8.36. The molecule has 1 aromatic heterocycles. The average molecular weight is 437 g/mol. The van der Waals surface area contributed by atoms with E-state index < -0.39 is 58.2 Å². The van der Waals surface area contributed by atoms with Crippen molar-refractivity contribution in [3.63, 3.8) is 0 Å². The van der Waals surface area contributed by atoms with E-state index in [4.69, 9.17) is 10.4 Å². The molecule has 1 aliphatic heterocycles. The number of hydrogen-bond acceptors (Lipinski definition) is 6. The van der Waals surface area contributed by atoms with Gasteiger partial charge in [0.05, 0.1) is 11.8 Å². The minimum atomic E-state index is -5.06. The second-order valence-electron chi connectivity index (χ2n) is 6.83. The van der Waals surface area contributed by atoms with Crippen LogP contribution in [0.2, 0.25) is 0 Å². The van der Waals surface area contributed by atoms with Crippen LogP contribution in [0.5, 0.6) is 0 Å². The first kappa shape index (κ1) is 21.6. The quantitative estimate of drug-likeness (QED) is 0.578. The smallest absolute Gasteiger partial charge is 0.434 e. The van der Waals surface area contributed by atoms with E-state index in [2.05, 4.69) is 9.97 Å². The van der Waals surface area contributed by atoms with Gasteiger partial charge in [-0.05, 0) is 32.0 Å². The summed E-state index contributed by atoms with van der Waals surface area (Å²) in [4.78, 5) is 44.6. The van der Waals surface area contributed by atoms with E-state index in [0.29, 0.717) is 12.3 Å². The molecule has 0 saturated carbocycles. The second-order valence-corrected chi connectivity index (χ2v) is 6.83. The summed E-state index contributed by atoms with van der Waals surface area (Å²) < 4.78 is 53.7. The lowest BCUT2D eigenvalue weighted by Crippen LogP contribution is -2.44. The Labute approximate surface area is 171 Å². The van der Waals surface area contributed by atoms with Gasteiger partial charge < -0.3 is 5.11 Å². The van der Waals surface area contributed by atoms with Gasteiger partial charge in [0.25, 0.3) is 5.91 Å². The van der Waals surface area contributed by atoms with Crippen molar-refractivity contribution >= 4 is 29.5 Å². The van der Waals surface area contributed by atoms with E-state index in [9.17, 15) is 31.9 Å². The van der Waals surface area contributed by atoms with Crippen molar-refractivity contribution in [1.29, 1.82) is 5.26 Å². The van der Waals surface area contributed by atoms with Crippen molar-refractivity contribution in [3.05, 3.63) is 47.0 Å². The fraction of sp³-hybridized carbons (Fsp3) is 0.222. The van der Waals surface area contributed by atoms with Crippen LogP contribution in [0.1, 0.15) is 35.5 Å². The van der Waals surface area contributed by atoms with Crippen molar-refractivity contribution in [1.82, 2.24) is 9.97 Å². The molecule has 1 saturated heterocycles. The third kappa shape index (κ3) is 3.41. The number of rotatable bonds is 3. The number of anilines is 2. The monoisotopic (exact) mass is 437 g/mol. The number of benzene rings is 1. The van der Waals surface area contributed by atoms with Gasteiger partial charge in [-0.1, -0.05) is 0 Å². The van der Waals surface area contributed by atoms with E-state index in [1.807, 2.05) is 0 Å². The molecule has 0 atom stereocenters. The van der Waals surface area contributed by atoms with Crippen LogP contribution in [0.4, 0.5) is 34.0 Å². The number of carbonyl (C=O) groups is 3. The summed E-state index contributed by atoms with van der Waals surface area (Å²) >= 11 is 0. The van der Waals surface area contributed by atoms with Gasteiger partial charge in [0.1, 0.15) is 23.0 Å². The summed E-state index contributed by atoms with van der Waals surface area (Å²) in [5.41, 5.74) is -5.13. The Balaban J connectivity index is 2.12. The van der Waals surface area contributed by atoms with E-state index in [1.165, 1.54) is 19.9 Å². The van der Waals surface area contributed by atoms with Crippen LogP contribution >= 0.6 is 0 Å². The number of carboxylic acids is 1. The highest BCUT2D eigenvalue weighted by molar-refractivity contribution is 6.29. The number of carboxylic acid groups (broad SMARTS) is 1. The Morgan fingerprint density at radius 2 is 1.90 bits per heavy atom. The van der Waals surface area contributed by atoms with Crippen molar-refractivity contribution in [2.45, 2.75) is 25.6 Å². The van der Waals surface area contributed by atoms with Gasteiger partial charge in [0.2, 0.25) is 5.95 Å². The minimum Gasteiger partial charge on any atom is -0.478 e. The van der Waals surface area contributed by atoms with Gasteiger partial charge in [0.15, 0.2) is 5.69 Å². The molecule has 0 bridgehead atoms. The molecule has 1 aromatic carbocycles. The lowest BCUT2D eigenvalue weighted by Gasteiger charge is -2.27. The number of halogens is 4. The molecule has 3 rings (SSSR count). The maximum atomic E-state index is 14.1. The summed E-state index contributed by atoms with van der Waals surface area (Å²) in [7, 11) is 0. The number of nitriles is 1. The Hall–Kier alpha value is -4.08. The highest BCUT2D eigenvalue weighted by Gasteiger charge is 2.54. The predicted molar refractivity (Wildman–Crippen MR) is 94.5 cm³/mol. The molecular weight excluding hydrogens is 426 g/mol. The Kier molecular flexibility index (Phi) is 4.89. The molecule has 0 aliphatic carbocycles. The fourth-order valence-corrected chi connectivity index (χ4v) is 3.00. The molecule has 13 heteroatoms. The summed E-state index contributed by atoms with van der Waals surface area (Å²) in [6, 6.07) is 2.76. The molecule has 160 valence electrons. The van der Waals surface area contributed by atoms with Crippen molar-refractivity contribution < 1.29 is 37.1 Å². The highest BCUT2D eigenvalue weighted by Crippen LogP contribution is 2.37. The zero-order chi connectivity index (χ0) is 23.3. The summed E-state index contributed by atoms with van der Waals surface area (Å²) in [6.45, 7) is 2.51. The van der Waals surface area contributed by atoms with Crippen molar-refractivity contribution in [2.24, 2.45) is 0 Å². The Morgan fingerprint density at radius 1 is 1.26 bits per heavy atom. The Bertz CT molecular complexity index is 1170. The molecule has 9 nitrogen and oxygen atoms in total. The number of aromatic carboxylic acids is 1. The molecule has 0 unspecified atom stereocenters. The lowest BCUT2D eigenvalue weighted by atomic mass is 10.0. The summed E-state index contributed by atoms with van der Waals surface area (Å²) in [5, 5.41) is 17.8. The van der Waals surface area contributed by atoms with Gasteiger partial charge >= 0.3 is 18.2 Å². The van der Waals surface area contributed by atoms with Crippen LogP contribution in [0, 0.1) is 17.1 Å². The van der Waals surface area contributed by atoms with Gasteiger partial charge in [-0.2, -0.15) is 23.3 Å². The molecule has 1 N–H and O–H groups in total. The Morgan fingerprint density at radius 3 is 2.42 bits per heavy atom.